The van der Waals surface area contributed by atoms with Gasteiger partial charge in [-0.05, 0) is 42.8 Å². The highest BCUT2D eigenvalue weighted by Crippen LogP contribution is 2.22. The van der Waals surface area contributed by atoms with Gasteiger partial charge in [0, 0.05) is 31.2 Å². The molecule has 2 fully saturated rings. The van der Waals surface area contributed by atoms with Gasteiger partial charge in [0.25, 0.3) is 0 Å². The fourth-order valence-electron chi connectivity index (χ4n) is 3.71. The largest absolute Gasteiger partial charge is 0.493 e. The Morgan fingerprint density at radius 3 is 2.47 bits per heavy atom. The van der Waals surface area contributed by atoms with Crippen LogP contribution >= 0.6 is 0 Å². The highest BCUT2D eigenvalue weighted by molar-refractivity contribution is 5.97. The molecule has 7 nitrogen and oxygen atoms in total. The number of hydrogen-bond donors (Lipinski definition) is 1. The first-order valence-electron chi connectivity index (χ1n) is 11.4. The minimum absolute atomic E-state index is 0.0144. The van der Waals surface area contributed by atoms with Crippen molar-refractivity contribution in [3.8, 4) is 5.75 Å². The molecule has 2 aliphatic heterocycles. The molecular formula is C25H33N3O4. The van der Waals surface area contributed by atoms with Gasteiger partial charge in [-0.1, -0.05) is 44.2 Å². The Bertz CT molecular complexity index is 851. The van der Waals surface area contributed by atoms with Crippen LogP contribution in [-0.2, 0) is 16.1 Å². The SMILES string of the molecule is CC.O=C(OCc1ccccc1)N1CCN(c2ccc(OCC3CCNC3)cc2)C(=O)C1. The van der Waals surface area contributed by atoms with Crippen molar-refractivity contribution in [3.63, 3.8) is 0 Å². The van der Waals surface area contributed by atoms with Gasteiger partial charge in [0.05, 0.1) is 6.61 Å². The van der Waals surface area contributed by atoms with E-state index in [1.54, 1.807) is 4.90 Å². The normalized spacial score (nSPS) is 18.1. The number of ether oxygens (including phenoxy) is 2. The third kappa shape index (κ3) is 6.47. The summed E-state index contributed by atoms with van der Waals surface area (Å²) >= 11 is 0. The maximum atomic E-state index is 12.6. The van der Waals surface area contributed by atoms with E-state index in [4.69, 9.17) is 9.47 Å². The highest BCUT2D eigenvalue weighted by Gasteiger charge is 2.29. The Morgan fingerprint density at radius 1 is 1.06 bits per heavy atom. The molecule has 2 amide bonds. The zero-order valence-corrected chi connectivity index (χ0v) is 19.0. The molecule has 0 aliphatic carbocycles. The minimum Gasteiger partial charge on any atom is -0.493 e. The van der Waals surface area contributed by atoms with E-state index < -0.39 is 6.09 Å². The predicted octanol–water partition coefficient (Wildman–Crippen LogP) is 3.69. The molecule has 1 unspecified atom stereocenters. The first-order chi connectivity index (χ1) is 15.7. The summed E-state index contributed by atoms with van der Waals surface area (Å²) in [7, 11) is 0. The van der Waals surface area contributed by atoms with Gasteiger partial charge in [0.2, 0.25) is 5.91 Å². The van der Waals surface area contributed by atoms with Crippen LogP contribution in [0.5, 0.6) is 5.75 Å². The fraction of sp³-hybridized carbons (Fsp3) is 0.440. The van der Waals surface area contributed by atoms with Crippen LogP contribution < -0.4 is 15.0 Å². The molecule has 0 spiro atoms. The second-order valence-corrected chi connectivity index (χ2v) is 7.67. The topological polar surface area (TPSA) is 71.1 Å². The standard InChI is InChI=1S/C23H27N3O4.C2H6/c27-22-15-25(23(28)30-16-18-4-2-1-3-5-18)12-13-26(22)20-6-8-21(9-7-20)29-17-19-10-11-24-14-19;1-2/h1-9,19,24H,10-17H2;1-2H3. The van der Waals surface area contributed by atoms with Gasteiger partial charge in [-0.25, -0.2) is 4.79 Å². The number of carbonyl (C=O) groups excluding carboxylic acids is 2. The summed E-state index contributed by atoms with van der Waals surface area (Å²) in [6.45, 7) is 7.85. The van der Waals surface area contributed by atoms with Crippen molar-refractivity contribution in [2.75, 3.05) is 44.2 Å². The molecule has 172 valence electrons. The van der Waals surface area contributed by atoms with Crippen LogP contribution in [0, 0.1) is 5.92 Å². The summed E-state index contributed by atoms with van der Waals surface area (Å²) < 4.78 is 11.2. The number of anilines is 1. The van der Waals surface area contributed by atoms with E-state index in [-0.39, 0.29) is 19.1 Å². The van der Waals surface area contributed by atoms with Crippen molar-refractivity contribution in [1.29, 1.82) is 0 Å². The number of rotatable bonds is 6. The van der Waals surface area contributed by atoms with Crippen molar-refractivity contribution in [3.05, 3.63) is 60.2 Å². The molecule has 1 atom stereocenters. The smallest absolute Gasteiger partial charge is 0.410 e. The number of carbonyl (C=O) groups is 2. The number of nitrogens with one attached hydrogen (secondary N) is 1. The van der Waals surface area contributed by atoms with Gasteiger partial charge >= 0.3 is 6.09 Å². The molecule has 1 N–H and O–H groups in total. The molecular weight excluding hydrogens is 406 g/mol. The van der Waals surface area contributed by atoms with Crippen molar-refractivity contribution in [1.82, 2.24) is 10.2 Å². The average Bonchev–Trinajstić information content (AvgIpc) is 3.37. The van der Waals surface area contributed by atoms with Crippen LogP contribution in [-0.4, -0.2) is 56.2 Å². The lowest BCUT2D eigenvalue weighted by Gasteiger charge is -2.33. The van der Waals surface area contributed by atoms with E-state index in [1.165, 1.54) is 4.90 Å². The lowest BCUT2D eigenvalue weighted by Crippen LogP contribution is -2.52. The van der Waals surface area contributed by atoms with E-state index >= 15 is 0 Å². The maximum absolute atomic E-state index is 12.6. The number of piperazine rings is 1. The quantitative estimate of drug-likeness (QED) is 0.743. The number of benzene rings is 2. The van der Waals surface area contributed by atoms with Crippen molar-refractivity contribution < 1.29 is 19.1 Å². The average molecular weight is 440 g/mol. The van der Waals surface area contributed by atoms with E-state index in [2.05, 4.69) is 5.32 Å². The Morgan fingerprint density at radius 2 is 1.81 bits per heavy atom. The van der Waals surface area contributed by atoms with E-state index in [0.717, 1.165) is 36.5 Å². The van der Waals surface area contributed by atoms with Crippen LogP contribution in [0.1, 0.15) is 25.8 Å². The molecule has 7 heteroatoms. The summed E-state index contributed by atoms with van der Waals surface area (Å²) in [5.74, 6) is 1.24. The lowest BCUT2D eigenvalue weighted by atomic mass is 10.1. The minimum atomic E-state index is -0.461. The highest BCUT2D eigenvalue weighted by atomic mass is 16.6. The van der Waals surface area contributed by atoms with Crippen LogP contribution in [0.3, 0.4) is 0 Å². The van der Waals surface area contributed by atoms with Gasteiger partial charge < -0.3 is 19.7 Å². The molecule has 32 heavy (non-hydrogen) atoms. The monoisotopic (exact) mass is 439 g/mol. The van der Waals surface area contributed by atoms with E-state index in [1.807, 2.05) is 68.4 Å². The van der Waals surface area contributed by atoms with Crippen LogP contribution in [0.15, 0.2) is 54.6 Å². The molecule has 2 aromatic carbocycles. The Kier molecular flexibility index (Phi) is 8.92. The first kappa shape index (κ1) is 23.6. The Labute approximate surface area is 190 Å². The molecule has 2 heterocycles. The molecule has 0 radical (unpaired) electrons. The lowest BCUT2D eigenvalue weighted by molar-refractivity contribution is -0.120. The summed E-state index contributed by atoms with van der Waals surface area (Å²) in [6.07, 6.45) is 0.682. The van der Waals surface area contributed by atoms with Crippen molar-refractivity contribution >= 4 is 17.7 Å². The van der Waals surface area contributed by atoms with Crippen LogP contribution in [0.4, 0.5) is 10.5 Å². The van der Waals surface area contributed by atoms with E-state index in [0.29, 0.717) is 25.6 Å². The summed E-state index contributed by atoms with van der Waals surface area (Å²) in [5.41, 5.74) is 1.73. The molecule has 0 aromatic heterocycles. The third-order valence-corrected chi connectivity index (χ3v) is 5.48. The molecule has 2 saturated heterocycles. The van der Waals surface area contributed by atoms with Crippen LogP contribution in [0.2, 0.25) is 0 Å². The van der Waals surface area contributed by atoms with Gasteiger partial charge in [0.15, 0.2) is 0 Å². The summed E-state index contributed by atoms with van der Waals surface area (Å²) in [4.78, 5) is 28.1. The van der Waals surface area contributed by atoms with Crippen molar-refractivity contribution in [2.45, 2.75) is 26.9 Å². The van der Waals surface area contributed by atoms with Gasteiger partial charge in [-0.15, -0.1) is 0 Å². The Balaban J connectivity index is 0.00000141. The van der Waals surface area contributed by atoms with E-state index in [9.17, 15) is 9.59 Å². The number of amides is 2. The fourth-order valence-corrected chi connectivity index (χ4v) is 3.71. The summed E-state index contributed by atoms with van der Waals surface area (Å²) in [6, 6.07) is 17.1. The number of hydrogen-bond acceptors (Lipinski definition) is 5. The second kappa shape index (κ2) is 12.1. The number of nitrogens with zero attached hydrogens (tertiary/aromatic N) is 2. The first-order valence-corrected chi connectivity index (χ1v) is 11.4. The predicted molar refractivity (Wildman–Crippen MR) is 125 cm³/mol. The van der Waals surface area contributed by atoms with Gasteiger partial charge in [0.1, 0.15) is 18.9 Å². The summed E-state index contributed by atoms with van der Waals surface area (Å²) in [5, 5.41) is 3.33. The van der Waals surface area contributed by atoms with Crippen LogP contribution in [0.25, 0.3) is 0 Å². The molecule has 2 aliphatic rings. The second-order valence-electron chi connectivity index (χ2n) is 7.67. The third-order valence-electron chi connectivity index (χ3n) is 5.48. The zero-order valence-electron chi connectivity index (χ0n) is 19.0. The van der Waals surface area contributed by atoms with Gasteiger partial charge in [-0.2, -0.15) is 0 Å². The van der Waals surface area contributed by atoms with Gasteiger partial charge in [-0.3, -0.25) is 9.69 Å². The molecule has 0 saturated carbocycles. The molecule has 2 aromatic rings. The Hall–Kier alpha value is -3.06. The zero-order chi connectivity index (χ0) is 22.8. The maximum Gasteiger partial charge on any atom is 0.410 e. The van der Waals surface area contributed by atoms with Crippen molar-refractivity contribution in [2.24, 2.45) is 5.92 Å². The molecule has 4 rings (SSSR count). The molecule has 0 bridgehead atoms.